The summed E-state index contributed by atoms with van der Waals surface area (Å²) >= 11 is 9.89. The molecule has 16 heavy (non-hydrogen) atoms. The van der Waals surface area contributed by atoms with E-state index in [-0.39, 0.29) is 11.1 Å². The number of alkyl halides is 1. The van der Waals surface area contributed by atoms with Gasteiger partial charge in [0, 0.05) is 4.47 Å². The Morgan fingerprint density at radius 1 is 1.31 bits per heavy atom. The first-order valence-electron chi connectivity index (χ1n) is 5.20. The van der Waals surface area contributed by atoms with E-state index in [0.717, 1.165) is 21.1 Å². The Bertz CT molecular complexity index is 600. The fourth-order valence-electron chi connectivity index (χ4n) is 1.93. The molecule has 1 heterocycles. The van der Waals surface area contributed by atoms with Gasteiger partial charge in [-0.15, -0.1) is 11.6 Å². The molecule has 1 unspecified atom stereocenters. The minimum atomic E-state index is -0.184. The molecule has 1 aromatic heterocycles. The van der Waals surface area contributed by atoms with Crippen LogP contribution < -0.4 is 5.69 Å². The molecule has 0 saturated heterocycles. The van der Waals surface area contributed by atoms with E-state index in [0.29, 0.717) is 5.92 Å². The van der Waals surface area contributed by atoms with Gasteiger partial charge in [-0.05, 0) is 36.5 Å². The van der Waals surface area contributed by atoms with Crippen LogP contribution in [0.25, 0.3) is 11.0 Å². The average Bonchev–Trinajstić information content (AvgIpc) is 3.00. The smallest absolute Gasteiger partial charge is 0.306 e. The summed E-state index contributed by atoms with van der Waals surface area (Å²) in [7, 11) is 0. The molecule has 3 nitrogen and oxygen atoms in total. The average molecular weight is 302 g/mol. The van der Waals surface area contributed by atoms with Crippen LogP contribution in [0.2, 0.25) is 0 Å². The molecule has 1 aromatic carbocycles. The molecule has 0 spiro atoms. The summed E-state index contributed by atoms with van der Waals surface area (Å²) in [5.74, 6) is 0.584. The predicted octanol–water partition coefficient (Wildman–Crippen LogP) is 3.31. The molecular formula is C11H10BrClN2O. The molecule has 0 bridgehead atoms. The second-order valence-electron chi connectivity index (χ2n) is 4.24. The van der Waals surface area contributed by atoms with E-state index >= 15 is 0 Å². The highest BCUT2D eigenvalue weighted by Gasteiger charge is 2.32. The molecule has 84 valence electrons. The Hall–Kier alpha value is -0.740. The van der Waals surface area contributed by atoms with Crippen LogP contribution in [0.4, 0.5) is 0 Å². The van der Waals surface area contributed by atoms with Crippen LogP contribution in [0.1, 0.15) is 23.8 Å². The molecule has 1 atom stereocenters. The van der Waals surface area contributed by atoms with Crippen molar-refractivity contribution in [3.05, 3.63) is 32.7 Å². The van der Waals surface area contributed by atoms with Crippen molar-refractivity contribution in [2.45, 2.75) is 18.2 Å². The van der Waals surface area contributed by atoms with Gasteiger partial charge < -0.3 is 9.97 Å². The summed E-state index contributed by atoms with van der Waals surface area (Å²) in [4.78, 5) is 16.6. The second-order valence-corrected chi connectivity index (χ2v) is 5.56. The molecule has 2 aromatic rings. The summed E-state index contributed by atoms with van der Waals surface area (Å²) in [6.07, 6.45) is 2.39. The number of aromatic nitrogens is 2. The Balaban J connectivity index is 2.15. The first-order valence-corrected chi connectivity index (χ1v) is 6.43. The van der Waals surface area contributed by atoms with Crippen LogP contribution in [0, 0.1) is 5.92 Å². The zero-order valence-electron chi connectivity index (χ0n) is 8.39. The van der Waals surface area contributed by atoms with E-state index in [1.54, 1.807) is 0 Å². The molecule has 1 fully saturated rings. The predicted molar refractivity (Wildman–Crippen MR) is 67.9 cm³/mol. The van der Waals surface area contributed by atoms with Gasteiger partial charge in [-0.1, -0.05) is 15.9 Å². The number of benzene rings is 1. The third kappa shape index (κ3) is 1.70. The van der Waals surface area contributed by atoms with Crippen LogP contribution >= 0.6 is 27.5 Å². The van der Waals surface area contributed by atoms with Gasteiger partial charge in [0.1, 0.15) is 0 Å². The molecule has 5 heteroatoms. The Kier molecular flexibility index (Phi) is 2.37. The second kappa shape index (κ2) is 3.64. The van der Waals surface area contributed by atoms with Gasteiger partial charge in [0.15, 0.2) is 0 Å². The van der Waals surface area contributed by atoms with E-state index in [4.69, 9.17) is 11.6 Å². The third-order valence-corrected chi connectivity index (χ3v) is 4.24. The van der Waals surface area contributed by atoms with Crippen molar-refractivity contribution in [3.63, 3.8) is 0 Å². The van der Waals surface area contributed by atoms with Crippen LogP contribution in [-0.4, -0.2) is 9.97 Å². The Morgan fingerprint density at radius 3 is 2.56 bits per heavy atom. The molecule has 1 aliphatic carbocycles. The largest absolute Gasteiger partial charge is 0.323 e. The number of aromatic amines is 2. The summed E-state index contributed by atoms with van der Waals surface area (Å²) in [6.45, 7) is 0. The Morgan fingerprint density at radius 2 is 1.94 bits per heavy atom. The van der Waals surface area contributed by atoms with Crippen molar-refractivity contribution in [2.24, 2.45) is 5.92 Å². The van der Waals surface area contributed by atoms with Crippen molar-refractivity contribution in [2.75, 3.05) is 0 Å². The summed E-state index contributed by atoms with van der Waals surface area (Å²) in [5.41, 5.74) is 2.50. The number of hydrogen-bond donors (Lipinski definition) is 2. The highest BCUT2D eigenvalue weighted by atomic mass is 79.9. The molecule has 0 radical (unpaired) electrons. The maximum absolute atomic E-state index is 11.2. The highest BCUT2D eigenvalue weighted by Crippen LogP contribution is 2.47. The Labute approximate surface area is 105 Å². The van der Waals surface area contributed by atoms with Gasteiger partial charge in [-0.25, -0.2) is 4.79 Å². The minimum Gasteiger partial charge on any atom is -0.306 e. The monoisotopic (exact) mass is 300 g/mol. The van der Waals surface area contributed by atoms with Crippen molar-refractivity contribution >= 4 is 38.6 Å². The first-order chi connectivity index (χ1) is 7.65. The number of imidazole rings is 1. The summed E-state index contributed by atoms with van der Waals surface area (Å²) in [6, 6.07) is 3.85. The number of hydrogen-bond acceptors (Lipinski definition) is 1. The van der Waals surface area contributed by atoms with Crippen LogP contribution in [0.3, 0.4) is 0 Å². The molecule has 1 saturated carbocycles. The fraction of sp³-hybridized carbons (Fsp3) is 0.364. The van der Waals surface area contributed by atoms with Crippen molar-refractivity contribution in [1.82, 2.24) is 9.97 Å². The van der Waals surface area contributed by atoms with Gasteiger partial charge in [-0.3, -0.25) is 0 Å². The first kappa shape index (κ1) is 10.4. The molecule has 0 aliphatic heterocycles. The molecule has 0 amide bonds. The van der Waals surface area contributed by atoms with E-state index in [1.807, 2.05) is 12.1 Å². The quantitative estimate of drug-likeness (QED) is 0.822. The van der Waals surface area contributed by atoms with Crippen molar-refractivity contribution in [3.8, 4) is 0 Å². The maximum atomic E-state index is 11.2. The van der Waals surface area contributed by atoms with Gasteiger partial charge >= 0.3 is 5.69 Å². The minimum absolute atomic E-state index is 0.0391. The maximum Gasteiger partial charge on any atom is 0.323 e. The standard InChI is InChI=1S/C11H10BrClN2O/c12-7-4-9-8(14-11(16)15-9)3-6(7)10(13)5-1-2-5/h3-5,10H,1-2H2,(H2,14,15,16). The summed E-state index contributed by atoms with van der Waals surface area (Å²) in [5, 5.41) is 0.0391. The van der Waals surface area contributed by atoms with E-state index < -0.39 is 0 Å². The lowest BCUT2D eigenvalue weighted by Crippen LogP contribution is -1.99. The highest BCUT2D eigenvalue weighted by molar-refractivity contribution is 9.10. The SMILES string of the molecule is O=c1[nH]c2cc(Br)c(C(Cl)C3CC3)cc2[nH]1. The number of fused-ring (bicyclic) bond motifs is 1. The topological polar surface area (TPSA) is 48.6 Å². The molecular weight excluding hydrogens is 291 g/mol. The fourth-order valence-corrected chi connectivity index (χ4v) is 3.08. The van der Waals surface area contributed by atoms with Crippen LogP contribution in [0.15, 0.2) is 21.4 Å². The van der Waals surface area contributed by atoms with Gasteiger partial charge in [0.2, 0.25) is 0 Å². The zero-order valence-corrected chi connectivity index (χ0v) is 10.7. The van der Waals surface area contributed by atoms with Crippen LogP contribution in [0.5, 0.6) is 0 Å². The van der Waals surface area contributed by atoms with E-state index in [1.165, 1.54) is 12.8 Å². The molecule has 1 aliphatic rings. The lowest BCUT2D eigenvalue weighted by molar-refractivity contribution is 0.795. The zero-order chi connectivity index (χ0) is 11.3. The summed E-state index contributed by atoms with van der Waals surface area (Å²) < 4.78 is 0.960. The number of nitrogens with one attached hydrogen (secondary N) is 2. The van der Waals surface area contributed by atoms with Crippen molar-refractivity contribution < 1.29 is 0 Å². The third-order valence-electron chi connectivity index (χ3n) is 2.97. The van der Waals surface area contributed by atoms with E-state index in [2.05, 4.69) is 25.9 Å². The lowest BCUT2D eigenvalue weighted by atomic mass is 10.1. The number of halogens is 2. The van der Waals surface area contributed by atoms with Gasteiger partial charge in [0.25, 0.3) is 0 Å². The van der Waals surface area contributed by atoms with Gasteiger partial charge in [-0.2, -0.15) is 0 Å². The van der Waals surface area contributed by atoms with E-state index in [9.17, 15) is 4.79 Å². The van der Waals surface area contributed by atoms with Crippen LogP contribution in [-0.2, 0) is 0 Å². The molecule has 3 rings (SSSR count). The normalized spacial score (nSPS) is 17.9. The number of H-pyrrole nitrogens is 2. The van der Waals surface area contributed by atoms with Gasteiger partial charge in [0.05, 0.1) is 16.4 Å². The molecule has 2 N–H and O–H groups in total. The number of rotatable bonds is 2. The lowest BCUT2D eigenvalue weighted by Gasteiger charge is -2.10. The van der Waals surface area contributed by atoms with Crippen molar-refractivity contribution in [1.29, 1.82) is 0 Å².